The first-order valence-electron chi connectivity index (χ1n) is 9.52. The van der Waals surface area contributed by atoms with Crippen molar-refractivity contribution < 1.29 is 19.8 Å². The molecule has 0 saturated heterocycles. The lowest BCUT2D eigenvalue weighted by Crippen LogP contribution is -2.17. The van der Waals surface area contributed by atoms with Gasteiger partial charge >= 0.3 is 5.97 Å². The number of carboxylic acids is 1. The number of nitrogens with one attached hydrogen (secondary N) is 1. The van der Waals surface area contributed by atoms with Gasteiger partial charge in [-0.25, -0.2) is 10.2 Å². The topological polar surface area (TPSA) is 104 Å². The Kier molecular flexibility index (Phi) is 5.24. The van der Waals surface area contributed by atoms with Crippen LogP contribution in [0.15, 0.2) is 77.9 Å². The maximum Gasteiger partial charge on any atom is 0.335 e. The highest BCUT2D eigenvalue weighted by Gasteiger charge is 2.17. The van der Waals surface area contributed by atoms with Crippen LogP contribution in [0.4, 0.5) is 0 Å². The molecule has 4 rings (SSSR count). The van der Waals surface area contributed by atoms with Gasteiger partial charge in [0.25, 0.3) is 5.91 Å². The van der Waals surface area contributed by atoms with Gasteiger partial charge in [-0.05, 0) is 49.4 Å². The van der Waals surface area contributed by atoms with Crippen LogP contribution in [0.3, 0.4) is 0 Å². The summed E-state index contributed by atoms with van der Waals surface area (Å²) in [5, 5.41) is 24.8. The van der Waals surface area contributed by atoms with E-state index < -0.39 is 5.97 Å². The Bertz CT molecular complexity index is 1300. The van der Waals surface area contributed by atoms with E-state index in [1.54, 1.807) is 28.8 Å². The molecule has 0 aliphatic carbocycles. The largest absolute Gasteiger partial charge is 0.494 e. The fourth-order valence-corrected chi connectivity index (χ4v) is 3.32. The molecule has 7 nitrogen and oxygen atoms in total. The van der Waals surface area contributed by atoms with Crippen LogP contribution in [-0.4, -0.2) is 32.9 Å². The number of amides is 1. The molecule has 3 N–H and O–H groups in total. The Labute approximate surface area is 177 Å². The number of carbonyl (C=O) groups is 2. The highest BCUT2D eigenvalue weighted by Crippen LogP contribution is 2.33. The van der Waals surface area contributed by atoms with Gasteiger partial charge in [-0.15, -0.1) is 0 Å². The molecular weight excluding hydrogens is 394 g/mol. The normalized spacial score (nSPS) is 11.1. The molecule has 0 bridgehead atoms. The van der Waals surface area contributed by atoms with Crippen molar-refractivity contribution in [3.63, 3.8) is 0 Å². The molecule has 31 heavy (non-hydrogen) atoms. The molecule has 0 fully saturated rings. The van der Waals surface area contributed by atoms with E-state index in [1.807, 2.05) is 43.3 Å². The van der Waals surface area contributed by atoms with Crippen LogP contribution in [-0.2, 0) is 0 Å². The highest BCUT2D eigenvalue weighted by atomic mass is 16.4. The maximum atomic E-state index is 12.3. The van der Waals surface area contributed by atoms with Crippen molar-refractivity contribution in [1.82, 2.24) is 9.99 Å². The van der Waals surface area contributed by atoms with Gasteiger partial charge in [-0.1, -0.05) is 35.9 Å². The minimum atomic E-state index is -1.02. The number of carboxylic acid groups (broad SMARTS) is 1. The number of para-hydroxylation sites is 1. The molecule has 0 atom stereocenters. The minimum absolute atomic E-state index is 0.0717. The number of aromatic hydroxyl groups is 1. The predicted octanol–water partition coefficient (Wildman–Crippen LogP) is 4.11. The van der Waals surface area contributed by atoms with E-state index in [0.717, 1.165) is 16.5 Å². The zero-order valence-corrected chi connectivity index (χ0v) is 16.6. The second-order valence-electron chi connectivity index (χ2n) is 7.01. The van der Waals surface area contributed by atoms with Crippen LogP contribution >= 0.6 is 0 Å². The first-order valence-corrected chi connectivity index (χ1v) is 9.52. The molecule has 154 valence electrons. The third-order valence-corrected chi connectivity index (χ3v) is 4.93. The zero-order chi connectivity index (χ0) is 22.0. The molecule has 1 aromatic heterocycles. The quantitative estimate of drug-likeness (QED) is 0.338. The number of hydrazone groups is 1. The average Bonchev–Trinajstić information content (AvgIpc) is 3.05. The Morgan fingerprint density at radius 1 is 0.935 bits per heavy atom. The zero-order valence-electron chi connectivity index (χ0n) is 16.6. The average molecular weight is 413 g/mol. The van der Waals surface area contributed by atoms with E-state index in [2.05, 4.69) is 10.5 Å². The van der Waals surface area contributed by atoms with Crippen LogP contribution in [0.1, 0.15) is 31.8 Å². The van der Waals surface area contributed by atoms with E-state index in [9.17, 15) is 14.7 Å². The van der Waals surface area contributed by atoms with Crippen LogP contribution in [0.2, 0.25) is 0 Å². The Balaban J connectivity index is 1.68. The van der Waals surface area contributed by atoms with Crippen molar-refractivity contribution in [2.75, 3.05) is 0 Å². The number of aromatic nitrogens is 1. The molecule has 0 aliphatic rings. The Morgan fingerprint density at radius 2 is 1.58 bits per heavy atom. The van der Waals surface area contributed by atoms with Crippen LogP contribution in [0.5, 0.6) is 5.88 Å². The number of aromatic carboxylic acids is 1. The van der Waals surface area contributed by atoms with Crippen LogP contribution in [0.25, 0.3) is 16.6 Å². The number of benzene rings is 3. The summed E-state index contributed by atoms with van der Waals surface area (Å²) in [6.07, 6.45) is 1.39. The van der Waals surface area contributed by atoms with Gasteiger partial charge in [0.05, 0.1) is 22.9 Å². The van der Waals surface area contributed by atoms with E-state index in [0.29, 0.717) is 16.8 Å². The molecule has 0 saturated carbocycles. The van der Waals surface area contributed by atoms with Crippen molar-refractivity contribution in [1.29, 1.82) is 0 Å². The summed E-state index contributed by atoms with van der Waals surface area (Å²) in [6.45, 7) is 1.94. The lowest BCUT2D eigenvalue weighted by atomic mass is 10.1. The van der Waals surface area contributed by atoms with Crippen molar-refractivity contribution in [3.8, 4) is 11.6 Å². The maximum absolute atomic E-state index is 12.3. The monoisotopic (exact) mass is 413 g/mol. The number of aryl methyl sites for hydroxylation is 1. The van der Waals surface area contributed by atoms with E-state index in [4.69, 9.17) is 5.11 Å². The summed E-state index contributed by atoms with van der Waals surface area (Å²) in [6, 6.07) is 20.6. The number of hydrogen-bond acceptors (Lipinski definition) is 4. The van der Waals surface area contributed by atoms with Gasteiger partial charge in [0.1, 0.15) is 0 Å². The molecular formula is C24H19N3O4. The van der Waals surface area contributed by atoms with Gasteiger partial charge in [-0.3, -0.25) is 9.36 Å². The highest BCUT2D eigenvalue weighted by molar-refractivity contribution is 6.04. The summed E-state index contributed by atoms with van der Waals surface area (Å²) in [5.74, 6) is -1.45. The van der Waals surface area contributed by atoms with E-state index in [-0.39, 0.29) is 17.4 Å². The number of fused-ring (bicyclic) bond motifs is 1. The number of rotatable bonds is 5. The summed E-state index contributed by atoms with van der Waals surface area (Å²) in [4.78, 5) is 23.4. The first-order chi connectivity index (χ1) is 15.0. The fraction of sp³-hybridized carbons (Fsp3) is 0.0417. The summed E-state index contributed by atoms with van der Waals surface area (Å²) in [5.41, 5.74) is 5.90. The minimum Gasteiger partial charge on any atom is -0.494 e. The van der Waals surface area contributed by atoms with Crippen LogP contribution in [0, 0.1) is 6.92 Å². The van der Waals surface area contributed by atoms with E-state index in [1.165, 1.54) is 18.3 Å². The third-order valence-electron chi connectivity index (χ3n) is 4.93. The van der Waals surface area contributed by atoms with Gasteiger partial charge < -0.3 is 10.2 Å². The molecule has 0 unspecified atom stereocenters. The van der Waals surface area contributed by atoms with Crippen LogP contribution < -0.4 is 5.43 Å². The molecule has 4 aromatic rings. The molecule has 0 radical (unpaired) electrons. The van der Waals surface area contributed by atoms with Gasteiger partial charge in [0.2, 0.25) is 5.88 Å². The molecule has 0 aliphatic heterocycles. The van der Waals surface area contributed by atoms with Gasteiger partial charge in [0.15, 0.2) is 0 Å². The second kappa shape index (κ2) is 8.16. The van der Waals surface area contributed by atoms with Gasteiger partial charge in [0, 0.05) is 16.6 Å². The predicted molar refractivity (Wildman–Crippen MR) is 118 cm³/mol. The van der Waals surface area contributed by atoms with Crippen molar-refractivity contribution in [3.05, 3.63) is 95.1 Å². The van der Waals surface area contributed by atoms with Crippen molar-refractivity contribution >= 4 is 29.0 Å². The van der Waals surface area contributed by atoms with Gasteiger partial charge in [-0.2, -0.15) is 5.10 Å². The van der Waals surface area contributed by atoms with Crippen molar-refractivity contribution in [2.45, 2.75) is 6.92 Å². The molecule has 1 amide bonds. The Hall–Kier alpha value is -4.39. The van der Waals surface area contributed by atoms with Crippen molar-refractivity contribution in [2.24, 2.45) is 5.10 Å². The third kappa shape index (κ3) is 3.89. The Morgan fingerprint density at radius 3 is 2.26 bits per heavy atom. The SMILES string of the molecule is Cc1ccc(C(=O)NN=Cc2c(O)n(-c3ccc(C(=O)O)cc3)c3ccccc23)cc1. The lowest BCUT2D eigenvalue weighted by molar-refractivity contribution is 0.0696. The summed E-state index contributed by atoms with van der Waals surface area (Å²) in [7, 11) is 0. The summed E-state index contributed by atoms with van der Waals surface area (Å²) < 4.78 is 1.60. The number of carbonyl (C=O) groups excluding carboxylic acids is 1. The number of hydrogen-bond donors (Lipinski definition) is 3. The lowest BCUT2D eigenvalue weighted by Gasteiger charge is -2.07. The summed E-state index contributed by atoms with van der Waals surface area (Å²) >= 11 is 0. The molecule has 0 spiro atoms. The van der Waals surface area contributed by atoms with E-state index >= 15 is 0 Å². The first kappa shape index (κ1) is 19.9. The second-order valence-corrected chi connectivity index (χ2v) is 7.01. The number of nitrogens with zero attached hydrogens (tertiary/aromatic N) is 2. The molecule has 7 heteroatoms. The fourth-order valence-electron chi connectivity index (χ4n) is 3.32. The smallest absolute Gasteiger partial charge is 0.335 e. The molecule has 1 heterocycles. The standard InChI is InChI=1S/C24H19N3O4/c1-15-6-8-16(9-7-15)22(28)26-25-14-20-19-4-2-3-5-21(19)27(23(20)29)18-12-10-17(11-13-18)24(30)31/h2-14,29H,1H3,(H,26,28)(H,30,31). The molecule has 3 aromatic carbocycles.